The predicted octanol–water partition coefficient (Wildman–Crippen LogP) is 3.98. The second-order valence-corrected chi connectivity index (χ2v) is 11.5. The van der Waals surface area contributed by atoms with E-state index < -0.39 is 10.0 Å². The van der Waals surface area contributed by atoms with Crippen LogP contribution in [0.5, 0.6) is 0 Å². The molecule has 0 unspecified atom stereocenters. The quantitative estimate of drug-likeness (QED) is 0.474. The van der Waals surface area contributed by atoms with Gasteiger partial charge in [0.05, 0.1) is 10.6 Å². The maximum atomic E-state index is 12.9. The molecule has 1 saturated heterocycles. The smallest absolute Gasteiger partial charge is 0.277 e. The molecule has 1 atom stereocenters. The summed E-state index contributed by atoms with van der Waals surface area (Å²) in [5, 5.41) is 8.42. The highest BCUT2D eigenvalue weighted by Crippen LogP contribution is 2.33. The number of piperidine rings is 1. The number of hydrogen-bond acceptors (Lipinski definition) is 7. The third kappa shape index (κ3) is 4.49. The monoisotopic (exact) mass is 498 g/mol. The van der Waals surface area contributed by atoms with Crippen molar-refractivity contribution in [2.24, 2.45) is 0 Å². The van der Waals surface area contributed by atoms with Crippen LogP contribution in [0.4, 0.5) is 5.69 Å². The van der Waals surface area contributed by atoms with Crippen LogP contribution in [0.3, 0.4) is 0 Å². The lowest BCUT2D eigenvalue weighted by Gasteiger charge is -2.25. The van der Waals surface area contributed by atoms with E-state index in [0.29, 0.717) is 23.9 Å². The van der Waals surface area contributed by atoms with Crippen LogP contribution in [0.15, 0.2) is 63.1 Å². The van der Waals surface area contributed by atoms with Gasteiger partial charge in [0.25, 0.3) is 5.22 Å². The SMILES string of the molecule is C[C@@H]1Cc2ccccc2N1C(=O)CSc1nnc(-c2ccc(S(=O)(=O)N3CCCCC3)cc2)o1. The second kappa shape index (κ2) is 9.52. The van der Waals surface area contributed by atoms with E-state index in [1.165, 1.54) is 17.3 Å². The predicted molar refractivity (Wildman–Crippen MR) is 130 cm³/mol. The van der Waals surface area contributed by atoms with Crippen LogP contribution in [0.25, 0.3) is 11.5 Å². The molecule has 0 saturated carbocycles. The van der Waals surface area contributed by atoms with Crippen LogP contribution in [0, 0.1) is 0 Å². The summed E-state index contributed by atoms with van der Waals surface area (Å²) in [6.45, 7) is 3.17. The first-order valence-electron chi connectivity index (χ1n) is 11.4. The van der Waals surface area contributed by atoms with Gasteiger partial charge < -0.3 is 9.32 Å². The van der Waals surface area contributed by atoms with Gasteiger partial charge >= 0.3 is 0 Å². The number of amides is 1. The zero-order valence-electron chi connectivity index (χ0n) is 18.9. The molecule has 0 spiro atoms. The number of nitrogens with zero attached hydrogens (tertiary/aromatic N) is 4. The molecule has 0 radical (unpaired) electrons. The van der Waals surface area contributed by atoms with Crippen LogP contribution in [-0.4, -0.2) is 53.7 Å². The number of para-hydroxylation sites is 1. The average molecular weight is 499 g/mol. The molecule has 0 aliphatic carbocycles. The van der Waals surface area contributed by atoms with Crippen LogP contribution in [-0.2, 0) is 21.2 Å². The van der Waals surface area contributed by atoms with Crippen molar-refractivity contribution < 1.29 is 17.6 Å². The molecule has 5 rings (SSSR count). The van der Waals surface area contributed by atoms with Gasteiger partial charge in [0.15, 0.2) is 0 Å². The lowest BCUT2D eigenvalue weighted by Crippen LogP contribution is -2.36. The molecule has 0 bridgehead atoms. The van der Waals surface area contributed by atoms with Crippen LogP contribution in [0.1, 0.15) is 31.7 Å². The van der Waals surface area contributed by atoms with Crippen molar-refractivity contribution in [1.82, 2.24) is 14.5 Å². The molecule has 0 N–H and O–H groups in total. The fraction of sp³-hybridized carbons (Fsp3) is 0.375. The summed E-state index contributed by atoms with van der Waals surface area (Å²) < 4.78 is 32.9. The molecule has 2 aromatic carbocycles. The number of carbonyl (C=O) groups is 1. The minimum atomic E-state index is -3.49. The molecule has 2 aliphatic rings. The Balaban J connectivity index is 1.23. The first-order chi connectivity index (χ1) is 16.4. The molecule has 1 amide bonds. The molecule has 3 aromatic rings. The van der Waals surface area contributed by atoms with E-state index >= 15 is 0 Å². The third-order valence-electron chi connectivity index (χ3n) is 6.26. The van der Waals surface area contributed by atoms with Crippen molar-refractivity contribution in [2.45, 2.75) is 48.8 Å². The highest BCUT2D eigenvalue weighted by Gasteiger charge is 2.31. The summed E-state index contributed by atoms with van der Waals surface area (Å²) in [5.74, 6) is 0.471. The number of benzene rings is 2. The zero-order valence-corrected chi connectivity index (χ0v) is 20.5. The minimum absolute atomic E-state index is 0.00512. The van der Waals surface area contributed by atoms with Gasteiger partial charge in [0.1, 0.15) is 0 Å². The maximum absolute atomic E-state index is 12.9. The highest BCUT2D eigenvalue weighted by atomic mass is 32.2. The Hall–Kier alpha value is -2.69. The number of fused-ring (bicyclic) bond motifs is 1. The van der Waals surface area contributed by atoms with E-state index in [-0.39, 0.29) is 28.5 Å². The third-order valence-corrected chi connectivity index (χ3v) is 8.97. The van der Waals surface area contributed by atoms with Crippen LogP contribution >= 0.6 is 11.8 Å². The maximum Gasteiger partial charge on any atom is 0.277 e. The number of sulfonamides is 1. The Kier molecular flexibility index (Phi) is 6.46. The number of thioether (sulfide) groups is 1. The molecule has 178 valence electrons. The largest absolute Gasteiger partial charge is 0.411 e. The number of anilines is 1. The van der Waals surface area contributed by atoms with E-state index in [9.17, 15) is 13.2 Å². The lowest BCUT2D eigenvalue weighted by atomic mass is 10.1. The van der Waals surface area contributed by atoms with E-state index in [1.807, 2.05) is 30.0 Å². The molecule has 10 heteroatoms. The fourth-order valence-electron chi connectivity index (χ4n) is 4.55. The van der Waals surface area contributed by atoms with Gasteiger partial charge in [-0.3, -0.25) is 4.79 Å². The molecule has 8 nitrogen and oxygen atoms in total. The van der Waals surface area contributed by atoms with E-state index in [1.54, 1.807) is 28.6 Å². The van der Waals surface area contributed by atoms with Crippen molar-refractivity contribution in [3.8, 4) is 11.5 Å². The Morgan fingerprint density at radius 1 is 1.06 bits per heavy atom. The number of rotatable bonds is 6. The van der Waals surface area contributed by atoms with E-state index in [0.717, 1.165) is 31.4 Å². The van der Waals surface area contributed by atoms with Gasteiger partial charge in [-0.15, -0.1) is 10.2 Å². The van der Waals surface area contributed by atoms with Crippen LogP contribution in [0.2, 0.25) is 0 Å². The molecular formula is C24H26N4O4S2. The highest BCUT2D eigenvalue weighted by molar-refractivity contribution is 7.99. The van der Waals surface area contributed by atoms with Crippen molar-refractivity contribution in [3.63, 3.8) is 0 Å². The van der Waals surface area contributed by atoms with Gasteiger partial charge in [0, 0.05) is 30.4 Å². The summed E-state index contributed by atoms with van der Waals surface area (Å²) in [7, 11) is -3.49. The normalized spacial score (nSPS) is 18.7. The van der Waals surface area contributed by atoms with Gasteiger partial charge in [-0.05, 0) is 62.1 Å². The van der Waals surface area contributed by atoms with Gasteiger partial charge in [-0.1, -0.05) is 36.4 Å². The summed E-state index contributed by atoms with van der Waals surface area (Å²) in [4.78, 5) is 15.0. The number of aromatic nitrogens is 2. The Morgan fingerprint density at radius 3 is 2.56 bits per heavy atom. The van der Waals surface area contributed by atoms with E-state index in [2.05, 4.69) is 16.3 Å². The lowest BCUT2D eigenvalue weighted by molar-refractivity contribution is -0.116. The molecule has 1 aromatic heterocycles. The fourth-order valence-corrected chi connectivity index (χ4v) is 6.69. The minimum Gasteiger partial charge on any atom is -0.411 e. The van der Waals surface area contributed by atoms with E-state index in [4.69, 9.17) is 4.42 Å². The molecule has 3 heterocycles. The molecule has 34 heavy (non-hydrogen) atoms. The topological polar surface area (TPSA) is 96.6 Å². The van der Waals surface area contributed by atoms with Crippen molar-refractivity contribution >= 4 is 33.4 Å². The molecular weight excluding hydrogens is 472 g/mol. The summed E-state index contributed by atoms with van der Waals surface area (Å²) in [5.41, 5.74) is 2.77. The van der Waals surface area contributed by atoms with Gasteiger partial charge in [0.2, 0.25) is 21.8 Å². The number of carbonyl (C=O) groups excluding carboxylic acids is 1. The van der Waals surface area contributed by atoms with Crippen molar-refractivity contribution in [3.05, 3.63) is 54.1 Å². The Labute approximate surface area is 203 Å². The Bertz CT molecular complexity index is 1280. The van der Waals surface area contributed by atoms with Gasteiger partial charge in [-0.2, -0.15) is 4.31 Å². The summed E-state index contributed by atoms with van der Waals surface area (Å²) in [6, 6.07) is 14.6. The first kappa shape index (κ1) is 23.1. The van der Waals surface area contributed by atoms with Gasteiger partial charge in [-0.25, -0.2) is 8.42 Å². The standard InChI is InChI=1S/C24H26N4O4S2/c1-17-15-19-7-3-4-8-21(19)28(17)22(29)16-33-24-26-25-23(32-24)18-9-11-20(12-10-18)34(30,31)27-13-5-2-6-14-27/h3-4,7-12,17H,2,5-6,13-16H2,1H3/t17-/m1/s1. The second-order valence-electron chi connectivity index (χ2n) is 8.60. The van der Waals surface area contributed by atoms with Crippen LogP contribution < -0.4 is 4.90 Å². The van der Waals surface area contributed by atoms with Crippen molar-refractivity contribution in [2.75, 3.05) is 23.7 Å². The molecule has 2 aliphatic heterocycles. The summed E-state index contributed by atoms with van der Waals surface area (Å²) in [6.07, 6.45) is 3.70. The number of hydrogen-bond donors (Lipinski definition) is 0. The zero-order chi connectivity index (χ0) is 23.7. The summed E-state index contributed by atoms with van der Waals surface area (Å²) >= 11 is 1.20. The average Bonchev–Trinajstić information content (AvgIpc) is 3.47. The first-order valence-corrected chi connectivity index (χ1v) is 13.8. The Morgan fingerprint density at radius 2 is 1.79 bits per heavy atom. The van der Waals surface area contributed by atoms with Crippen molar-refractivity contribution in [1.29, 1.82) is 0 Å². The molecule has 1 fully saturated rings.